The second kappa shape index (κ2) is 6.82. The minimum absolute atomic E-state index is 0.0792. The summed E-state index contributed by atoms with van der Waals surface area (Å²) in [7, 11) is 0. The average Bonchev–Trinajstić information content (AvgIpc) is 2.29. The molecule has 19 heavy (non-hydrogen) atoms. The molecule has 4 nitrogen and oxygen atoms in total. The van der Waals surface area contributed by atoms with E-state index in [0.717, 1.165) is 12.1 Å². The third-order valence-corrected chi connectivity index (χ3v) is 2.53. The van der Waals surface area contributed by atoms with E-state index in [4.69, 9.17) is 5.11 Å². The molecule has 1 amide bonds. The van der Waals surface area contributed by atoms with Gasteiger partial charge in [-0.3, -0.25) is 9.59 Å². The van der Waals surface area contributed by atoms with E-state index < -0.39 is 17.6 Å². The van der Waals surface area contributed by atoms with Gasteiger partial charge < -0.3 is 10.4 Å². The predicted molar refractivity (Wildman–Crippen MR) is 64.2 cm³/mol. The molecule has 0 radical (unpaired) electrons. The summed E-state index contributed by atoms with van der Waals surface area (Å²) in [6.45, 7) is 1.74. The van der Waals surface area contributed by atoms with Gasteiger partial charge in [0.25, 0.3) is 0 Å². The fraction of sp³-hybridized carbons (Fsp3) is 0.385. The highest BCUT2D eigenvalue weighted by Gasteiger charge is 2.12. The van der Waals surface area contributed by atoms with Crippen molar-refractivity contribution in [3.8, 4) is 0 Å². The number of carbonyl (C=O) groups excluding carboxylic acids is 1. The van der Waals surface area contributed by atoms with Crippen molar-refractivity contribution in [2.24, 2.45) is 5.92 Å². The maximum atomic E-state index is 12.9. The number of carbonyl (C=O) groups is 2. The van der Waals surface area contributed by atoms with Crippen LogP contribution in [0.25, 0.3) is 0 Å². The third kappa shape index (κ3) is 5.46. The zero-order valence-electron chi connectivity index (χ0n) is 10.5. The number of benzene rings is 1. The van der Waals surface area contributed by atoms with E-state index >= 15 is 0 Å². The molecule has 1 aromatic carbocycles. The van der Waals surface area contributed by atoms with Crippen LogP contribution in [0.4, 0.5) is 8.78 Å². The van der Waals surface area contributed by atoms with Gasteiger partial charge in [0, 0.05) is 19.4 Å². The van der Waals surface area contributed by atoms with Gasteiger partial charge in [-0.1, -0.05) is 13.0 Å². The van der Waals surface area contributed by atoms with Crippen molar-refractivity contribution in [1.29, 1.82) is 0 Å². The van der Waals surface area contributed by atoms with Gasteiger partial charge >= 0.3 is 5.97 Å². The summed E-state index contributed by atoms with van der Waals surface area (Å²) in [6, 6.07) is 3.37. The highest BCUT2D eigenvalue weighted by Crippen LogP contribution is 2.10. The average molecular weight is 271 g/mol. The molecule has 1 aromatic rings. The monoisotopic (exact) mass is 271 g/mol. The molecule has 0 aliphatic heterocycles. The summed E-state index contributed by atoms with van der Waals surface area (Å²) >= 11 is 0. The molecule has 0 heterocycles. The van der Waals surface area contributed by atoms with Crippen LogP contribution in [0.5, 0.6) is 0 Å². The van der Waals surface area contributed by atoms with Crippen molar-refractivity contribution in [3.63, 3.8) is 0 Å². The number of amides is 1. The second-order valence-electron chi connectivity index (χ2n) is 4.43. The van der Waals surface area contributed by atoms with Crippen LogP contribution in [0, 0.1) is 17.6 Å². The lowest BCUT2D eigenvalue weighted by Crippen LogP contribution is -2.25. The molecular formula is C13H15F2NO3. The highest BCUT2D eigenvalue weighted by atomic mass is 19.2. The quantitative estimate of drug-likeness (QED) is 0.832. The number of nitrogens with one attached hydrogen (secondary N) is 1. The van der Waals surface area contributed by atoms with Gasteiger partial charge in [0.1, 0.15) is 0 Å². The smallest absolute Gasteiger partial charge is 0.303 e. The summed E-state index contributed by atoms with van der Waals surface area (Å²) in [6.07, 6.45) is -0.00538. The van der Waals surface area contributed by atoms with Crippen LogP contribution in [0.2, 0.25) is 0 Å². The molecule has 2 N–H and O–H groups in total. The van der Waals surface area contributed by atoms with E-state index in [0.29, 0.717) is 5.56 Å². The molecule has 0 saturated heterocycles. The predicted octanol–water partition coefficient (Wildman–Crippen LogP) is 2.08. The van der Waals surface area contributed by atoms with Crippen LogP contribution < -0.4 is 5.32 Å². The fourth-order valence-electron chi connectivity index (χ4n) is 1.61. The summed E-state index contributed by atoms with van der Waals surface area (Å²) in [5.41, 5.74) is 0.443. The zero-order valence-corrected chi connectivity index (χ0v) is 10.5. The van der Waals surface area contributed by atoms with E-state index in [1.807, 2.05) is 0 Å². The first-order valence-corrected chi connectivity index (χ1v) is 5.81. The summed E-state index contributed by atoms with van der Waals surface area (Å²) in [5.74, 6) is -3.46. The number of hydrogen-bond donors (Lipinski definition) is 2. The number of carboxylic acids is 1. The van der Waals surface area contributed by atoms with Crippen molar-refractivity contribution in [2.75, 3.05) is 0 Å². The van der Waals surface area contributed by atoms with Gasteiger partial charge in [-0.15, -0.1) is 0 Å². The Balaban J connectivity index is 2.41. The summed E-state index contributed by atoms with van der Waals surface area (Å²) in [4.78, 5) is 21.9. The Labute approximate surface area is 109 Å². The standard InChI is InChI=1S/C13H15F2NO3/c1-8(5-13(18)19)4-12(17)16-7-9-2-3-10(14)11(15)6-9/h2-3,6,8H,4-5,7H2,1H3,(H,16,17)(H,18,19). The van der Waals surface area contributed by atoms with Crippen molar-refractivity contribution in [2.45, 2.75) is 26.3 Å². The molecule has 0 bridgehead atoms. The van der Waals surface area contributed by atoms with Crippen LogP contribution in [-0.4, -0.2) is 17.0 Å². The SMILES string of the molecule is CC(CC(=O)O)CC(=O)NCc1ccc(F)c(F)c1. The molecule has 0 spiro atoms. The number of hydrogen-bond acceptors (Lipinski definition) is 2. The minimum atomic E-state index is -0.967. The molecule has 1 rings (SSSR count). The van der Waals surface area contributed by atoms with E-state index in [1.54, 1.807) is 6.92 Å². The van der Waals surface area contributed by atoms with Gasteiger partial charge in [0.15, 0.2) is 11.6 Å². The van der Waals surface area contributed by atoms with E-state index in [9.17, 15) is 18.4 Å². The fourth-order valence-corrected chi connectivity index (χ4v) is 1.61. The van der Waals surface area contributed by atoms with Crippen LogP contribution in [-0.2, 0) is 16.1 Å². The Hall–Kier alpha value is -1.98. The molecule has 0 fully saturated rings. The molecule has 0 aliphatic rings. The molecular weight excluding hydrogens is 256 g/mol. The van der Waals surface area contributed by atoms with Gasteiger partial charge in [-0.2, -0.15) is 0 Å². The molecule has 104 valence electrons. The largest absolute Gasteiger partial charge is 0.481 e. The Bertz CT molecular complexity index is 477. The first kappa shape index (κ1) is 15.1. The molecule has 0 saturated carbocycles. The molecule has 0 aliphatic carbocycles. The number of halogens is 2. The number of aliphatic carboxylic acids is 1. The molecule has 0 aromatic heterocycles. The van der Waals surface area contributed by atoms with Crippen LogP contribution in [0.3, 0.4) is 0 Å². The van der Waals surface area contributed by atoms with Crippen LogP contribution in [0.15, 0.2) is 18.2 Å². The summed E-state index contributed by atoms with van der Waals surface area (Å²) < 4.78 is 25.6. The lowest BCUT2D eigenvalue weighted by Gasteiger charge is -2.09. The van der Waals surface area contributed by atoms with E-state index in [1.165, 1.54) is 6.07 Å². The van der Waals surface area contributed by atoms with Gasteiger partial charge in [-0.05, 0) is 23.6 Å². The van der Waals surface area contributed by atoms with Crippen molar-refractivity contribution >= 4 is 11.9 Å². The van der Waals surface area contributed by atoms with E-state index in [-0.39, 0.29) is 31.2 Å². The van der Waals surface area contributed by atoms with Gasteiger partial charge in [-0.25, -0.2) is 8.78 Å². The summed E-state index contributed by atoms with van der Waals surface area (Å²) in [5, 5.41) is 11.1. The first-order valence-electron chi connectivity index (χ1n) is 5.81. The van der Waals surface area contributed by atoms with Crippen LogP contribution in [0.1, 0.15) is 25.3 Å². The lowest BCUT2D eigenvalue weighted by molar-refractivity contribution is -0.138. The Morgan fingerprint density at radius 2 is 1.95 bits per heavy atom. The van der Waals surface area contributed by atoms with E-state index in [2.05, 4.69) is 5.32 Å². The third-order valence-electron chi connectivity index (χ3n) is 2.53. The Kier molecular flexibility index (Phi) is 5.41. The maximum Gasteiger partial charge on any atom is 0.303 e. The van der Waals surface area contributed by atoms with Crippen molar-refractivity contribution in [1.82, 2.24) is 5.32 Å². The second-order valence-corrected chi connectivity index (χ2v) is 4.43. The van der Waals surface area contributed by atoms with Crippen molar-refractivity contribution in [3.05, 3.63) is 35.4 Å². The topological polar surface area (TPSA) is 66.4 Å². The lowest BCUT2D eigenvalue weighted by atomic mass is 10.0. The van der Waals surface area contributed by atoms with Gasteiger partial charge in [0.2, 0.25) is 5.91 Å². The molecule has 1 unspecified atom stereocenters. The first-order chi connectivity index (χ1) is 8.88. The normalized spacial score (nSPS) is 11.9. The molecule has 6 heteroatoms. The molecule has 1 atom stereocenters. The van der Waals surface area contributed by atoms with Crippen molar-refractivity contribution < 1.29 is 23.5 Å². The van der Waals surface area contributed by atoms with Gasteiger partial charge in [0.05, 0.1) is 0 Å². The number of carboxylic acid groups (broad SMARTS) is 1. The minimum Gasteiger partial charge on any atom is -0.481 e. The van der Waals surface area contributed by atoms with Crippen LogP contribution >= 0.6 is 0 Å². The number of rotatable bonds is 6. The highest BCUT2D eigenvalue weighted by molar-refractivity contribution is 5.77. The Morgan fingerprint density at radius 1 is 1.26 bits per heavy atom. The zero-order chi connectivity index (χ0) is 14.4. The maximum absolute atomic E-state index is 12.9. The Morgan fingerprint density at radius 3 is 2.53 bits per heavy atom.